The summed E-state index contributed by atoms with van der Waals surface area (Å²) in [6, 6.07) is 10.2. The van der Waals surface area contributed by atoms with Crippen LogP contribution in [0.25, 0.3) is 0 Å². The minimum Gasteiger partial charge on any atom is -0.494 e. The number of halogens is 1. The first-order valence-electron chi connectivity index (χ1n) is 8.06. The number of hydrogen-bond acceptors (Lipinski definition) is 5. The zero-order chi connectivity index (χ0) is 18.9. The molecule has 0 saturated carbocycles. The standard InChI is InChI=1S/C18H19ClN2O4S/c1-2-25-13-5-3-12(4-6-13)21-18(24)11-20-17(23)10-7-14(22)15-8-9-16(19)26-15/h3-6,8-9H,2,7,10-11H2,1H3,(H,20,23)(H,21,24). The van der Waals surface area contributed by atoms with Crippen molar-refractivity contribution in [1.82, 2.24) is 5.32 Å². The van der Waals surface area contributed by atoms with E-state index in [2.05, 4.69) is 10.6 Å². The van der Waals surface area contributed by atoms with Gasteiger partial charge < -0.3 is 15.4 Å². The summed E-state index contributed by atoms with van der Waals surface area (Å²) < 4.78 is 5.85. The molecule has 0 saturated heterocycles. The van der Waals surface area contributed by atoms with Crippen LogP contribution in [0, 0.1) is 0 Å². The quantitative estimate of drug-likeness (QED) is 0.637. The Bertz CT molecular complexity index is 774. The average Bonchev–Trinajstić information content (AvgIpc) is 3.06. The lowest BCUT2D eigenvalue weighted by Crippen LogP contribution is -2.32. The molecule has 0 fully saturated rings. The number of hydrogen-bond donors (Lipinski definition) is 2. The van der Waals surface area contributed by atoms with E-state index in [0.717, 1.165) is 5.75 Å². The maximum atomic E-state index is 11.9. The summed E-state index contributed by atoms with van der Waals surface area (Å²) in [6.07, 6.45) is 0.0911. The molecular weight excluding hydrogens is 376 g/mol. The van der Waals surface area contributed by atoms with Gasteiger partial charge in [0.05, 0.1) is 22.4 Å². The largest absolute Gasteiger partial charge is 0.494 e. The van der Waals surface area contributed by atoms with Crippen LogP contribution in [0.3, 0.4) is 0 Å². The molecule has 26 heavy (non-hydrogen) atoms. The van der Waals surface area contributed by atoms with Crippen molar-refractivity contribution in [3.05, 3.63) is 45.6 Å². The fourth-order valence-electron chi connectivity index (χ4n) is 2.09. The Morgan fingerprint density at radius 3 is 2.38 bits per heavy atom. The normalized spacial score (nSPS) is 10.2. The molecule has 0 radical (unpaired) electrons. The molecule has 1 aromatic heterocycles. The molecule has 0 aliphatic rings. The molecule has 0 unspecified atom stereocenters. The monoisotopic (exact) mass is 394 g/mol. The number of thiophene rings is 1. The third-order valence-corrected chi connectivity index (χ3v) is 4.59. The highest BCUT2D eigenvalue weighted by atomic mass is 35.5. The summed E-state index contributed by atoms with van der Waals surface area (Å²) in [5.41, 5.74) is 0.609. The van der Waals surface area contributed by atoms with Crippen LogP contribution in [0.4, 0.5) is 5.69 Å². The van der Waals surface area contributed by atoms with E-state index in [1.807, 2.05) is 6.92 Å². The molecule has 1 aromatic carbocycles. The number of amides is 2. The molecule has 8 heteroatoms. The maximum absolute atomic E-state index is 11.9. The first kappa shape index (κ1) is 19.9. The van der Waals surface area contributed by atoms with E-state index in [1.54, 1.807) is 36.4 Å². The van der Waals surface area contributed by atoms with Gasteiger partial charge in [-0.2, -0.15) is 0 Å². The van der Waals surface area contributed by atoms with Crippen LogP contribution in [0.2, 0.25) is 4.34 Å². The van der Waals surface area contributed by atoms with E-state index < -0.39 is 0 Å². The summed E-state index contributed by atoms with van der Waals surface area (Å²) >= 11 is 6.96. The van der Waals surface area contributed by atoms with E-state index in [9.17, 15) is 14.4 Å². The van der Waals surface area contributed by atoms with E-state index >= 15 is 0 Å². The van der Waals surface area contributed by atoms with Crippen LogP contribution in [-0.4, -0.2) is 30.7 Å². The molecular formula is C18H19ClN2O4S. The van der Waals surface area contributed by atoms with Crippen molar-refractivity contribution in [2.75, 3.05) is 18.5 Å². The summed E-state index contributed by atoms with van der Waals surface area (Å²) in [7, 11) is 0. The van der Waals surface area contributed by atoms with Gasteiger partial charge in [-0.15, -0.1) is 11.3 Å². The van der Waals surface area contributed by atoms with Crippen LogP contribution in [0.1, 0.15) is 29.4 Å². The van der Waals surface area contributed by atoms with Crippen LogP contribution < -0.4 is 15.4 Å². The van der Waals surface area contributed by atoms with Crippen LogP contribution in [0.15, 0.2) is 36.4 Å². The third kappa shape index (κ3) is 6.50. The summed E-state index contributed by atoms with van der Waals surface area (Å²) in [6.45, 7) is 2.30. The van der Waals surface area contributed by atoms with Gasteiger partial charge in [-0.05, 0) is 43.3 Å². The van der Waals surface area contributed by atoms with Gasteiger partial charge in [0, 0.05) is 18.5 Å². The predicted molar refractivity (Wildman–Crippen MR) is 102 cm³/mol. The number of rotatable bonds is 9. The van der Waals surface area contributed by atoms with Crippen LogP contribution >= 0.6 is 22.9 Å². The molecule has 0 aliphatic heterocycles. The van der Waals surface area contributed by atoms with Gasteiger partial charge in [0.1, 0.15) is 5.75 Å². The van der Waals surface area contributed by atoms with Crippen molar-refractivity contribution in [3.8, 4) is 5.75 Å². The number of nitrogens with one attached hydrogen (secondary N) is 2. The lowest BCUT2D eigenvalue weighted by molar-refractivity contribution is -0.124. The Hall–Kier alpha value is -2.38. The number of benzene rings is 1. The molecule has 0 aliphatic carbocycles. The van der Waals surface area contributed by atoms with Gasteiger partial charge >= 0.3 is 0 Å². The number of ether oxygens (including phenoxy) is 1. The zero-order valence-corrected chi connectivity index (χ0v) is 15.8. The SMILES string of the molecule is CCOc1ccc(NC(=O)CNC(=O)CCC(=O)c2ccc(Cl)s2)cc1. The molecule has 2 amide bonds. The zero-order valence-electron chi connectivity index (χ0n) is 14.2. The Morgan fingerprint density at radius 2 is 1.77 bits per heavy atom. The van der Waals surface area contributed by atoms with Crippen molar-refractivity contribution < 1.29 is 19.1 Å². The summed E-state index contributed by atoms with van der Waals surface area (Å²) in [4.78, 5) is 36.1. The maximum Gasteiger partial charge on any atom is 0.243 e. The fraction of sp³-hybridized carbons (Fsp3) is 0.278. The highest BCUT2D eigenvalue weighted by Gasteiger charge is 2.12. The van der Waals surface area contributed by atoms with Gasteiger partial charge in [-0.3, -0.25) is 14.4 Å². The molecule has 2 N–H and O–H groups in total. The van der Waals surface area contributed by atoms with Crippen molar-refractivity contribution >= 4 is 46.2 Å². The molecule has 0 bridgehead atoms. The fourth-order valence-corrected chi connectivity index (χ4v) is 3.10. The number of Topliss-reactive ketones (excluding diaryl/α,β-unsaturated/α-hetero) is 1. The Balaban J connectivity index is 1.69. The number of anilines is 1. The van der Waals surface area contributed by atoms with E-state index in [1.165, 1.54) is 11.3 Å². The summed E-state index contributed by atoms with van der Waals surface area (Å²) in [5.74, 6) is -0.131. The predicted octanol–water partition coefficient (Wildman–Crippen LogP) is 3.52. The van der Waals surface area contributed by atoms with E-state index in [0.29, 0.717) is 21.5 Å². The van der Waals surface area contributed by atoms with E-state index in [4.69, 9.17) is 16.3 Å². The molecule has 138 valence electrons. The minimum atomic E-state index is -0.358. The topological polar surface area (TPSA) is 84.5 Å². The van der Waals surface area contributed by atoms with Crippen LogP contribution in [-0.2, 0) is 9.59 Å². The second-order valence-electron chi connectivity index (χ2n) is 5.31. The smallest absolute Gasteiger partial charge is 0.243 e. The lowest BCUT2D eigenvalue weighted by Gasteiger charge is -2.08. The number of carbonyl (C=O) groups is 3. The first-order chi connectivity index (χ1) is 12.5. The summed E-state index contributed by atoms with van der Waals surface area (Å²) in [5, 5.41) is 5.17. The number of ketones is 1. The van der Waals surface area contributed by atoms with Crippen molar-refractivity contribution in [3.63, 3.8) is 0 Å². The molecule has 0 spiro atoms. The molecule has 2 rings (SSSR count). The highest BCUT2D eigenvalue weighted by molar-refractivity contribution is 7.18. The Kier molecular flexibility index (Phi) is 7.62. The van der Waals surface area contributed by atoms with Gasteiger partial charge in [-0.1, -0.05) is 11.6 Å². The van der Waals surface area contributed by atoms with Crippen molar-refractivity contribution in [1.29, 1.82) is 0 Å². The highest BCUT2D eigenvalue weighted by Crippen LogP contribution is 2.22. The second kappa shape index (κ2) is 9.94. The molecule has 2 aromatic rings. The Morgan fingerprint density at radius 1 is 1.04 bits per heavy atom. The van der Waals surface area contributed by atoms with Gasteiger partial charge in [0.25, 0.3) is 0 Å². The van der Waals surface area contributed by atoms with Crippen LogP contribution in [0.5, 0.6) is 5.75 Å². The van der Waals surface area contributed by atoms with Crippen molar-refractivity contribution in [2.45, 2.75) is 19.8 Å². The second-order valence-corrected chi connectivity index (χ2v) is 7.02. The van der Waals surface area contributed by atoms with Gasteiger partial charge in [0.15, 0.2) is 5.78 Å². The minimum absolute atomic E-state index is 0.0185. The Labute approximate surface area is 160 Å². The molecule has 6 nitrogen and oxygen atoms in total. The van der Waals surface area contributed by atoms with Crippen molar-refractivity contribution in [2.24, 2.45) is 0 Å². The molecule has 1 heterocycles. The third-order valence-electron chi connectivity index (χ3n) is 3.32. The van der Waals surface area contributed by atoms with Gasteiger partial charge in [-0.25, -0.2) is 0 Å². The van der Waals surface area contributed by atoms with E-state index in [-0.39, 0.29) is 37.0 Å². The first-order valence-corrected chi connectivity index (χ1v) is 9.25. The number of carbonyl (C=O) groups excluding carboxylic acids is 3. The average molecular weight is 395 g/mol. The molecule has 0 atom stereocenters. The van der Waals surface area contributed by atoms with Gasteiger partial charge in [0.2, 0.25) is 11.8 Å². The lowest BCUT2D eigenvalue weighted by atomic mass is 10.2.